The number of carbonyl (C=O) groups excluding carboxylic acids is 1. The molecule has 2 fully saturated rings. The molecule has 7 heteroatoms. The van der Waals surface area contributed by atoms with Crippen LogP contribution in [0.3, 0.4) is 0 Å². The first-order chi connectivity index (χ1) is 15.6. The molecule has 2 heterocycles. The van der Waals surface area contributed by atoms with Crippen molar-refractivity contribution in [2.45, 2.75) is 31.9 Å². The van der Waals surface area contributed by atoms with Gasteiger partial charge in [-0.15, -0.1) is 0 Å². The molecule has 1 N–H and O–H groups in total. The minimum atomic E-state index is -0.205. The highest BCUT2D eigenvalue weighted by Crippen LogP contribution is 2.24. The molecule has 0 spiro atoms. The van der Waals surface area contributed by atoms with Crippen LogP contribution in [-0.2, 0) is 4.74 Å². The van der Waals surface area contributed by atoms with Gasteiger partial charge in [0.25, 0.3) is 11.5 Å². The third kappa shape index (κ3) is 4.16. The van der Waals surface area contributed by atoms with Crippen molar-refractivity contribution in [3.05, 3.63) is 88.0 Å². The van der Waals surface area contributed by atoms with Gasteiger partial charge in [-0.05, 0) is 43.0 Å². The number of benzene rings is 2. The Morgan fingerprint density at radius 3 is 2.75 bits per heavy atom. The van der Waals surface area contributed by atoms with E-state index in [1.54, 1.807) is 29.1 Å². The molecule has 2 aromatic carbocycles. The van der Waals surface area contributed by atoms with Crippen molar-refractivity contribution in [2.75, 3.05) is 24.6 Å². The Balaban J connectivity index is 1.45. The molecule has 32 heavy (non-hydrogen) atoms. The van der Waals surface area contributed by atoms with Crippen molar-refractivity contribution in [2.24, 2.45) is 0 Å². The Labute approximate surface area is 186 Å². The zero-order valence-electron chi connectivity index (χ0n) is 18.0. The van der Waals surface area contributed by atoms with Crippen LogP contribution < -0.4 is 15.8 Å². The maximum Gasteiger partial charge on any atom is 0.298 e. The molecular weight excluding hydrogens is 404 g/mol. The maximum absolute atomic E-state index is 13.5. The van der Waals surface area contributed by atoms with Crippen LogP contribution in [0.1, 0.15) is 40.4 Å². The molecule has 1 saturated carbocycles. The van der Waals surface area contributed by atoms with Crippen LogP contribution in [0.2, 0.25) is 0 Å². The summed E-state index contributed by atoms with van der Waals surface area (Å²) in [7, 11) is 0. The zero-order valence-corrected chi connectivity index (χ0v) is 18.0. The van der Waals surface area contributed by atoms with Gasteiger partial charge in [0.2, 0.25) is 0 Å². The van der Waals surface area contributed by atoms with E-state index in [0.717, 1.165) is 24.0 Å². The first-order valence-corrected chi connectivity index (χ1v) is 11.0. The summed E-state index contributed by atoms with van der Waals surface area (Å²) in [6.45, 7) is 3.60. The summed E-state index contributed by atoms with van der Waals surface area (Å²) < 4.78 is 7.53. The van der Waals surface area contributed by atoms with E-state index in [4.69, 9.17) is 4.74 Å². The smallest absolute Gasteiger partial charge is 0.298 e. The number of hydrogen-bond acceptors (Lipinski definition) is 5. The first kappa shape index (κ1) is 20.5. The third-order valence-corrected chi connectivity index (χ3v) is 6.00. The monoisotopic (exact) mass is 430 g/mol. The van der Waals surface area contributed by atoms with Crippen LogP contribution >= 0.6 is 0 Å². The number of morpholine rings is 1. The molecule has 1 aliphatic heterocycles. The fourth-order valence-corrected chi connectivity index (χ4v) is 4.03. The Morgan fingerprint density at radius 2 is 1.97 bits per heavy atom. The summed E-state index contributed by atoms with van der Waals surface area (Å²) in [5.41, 5.74) is 3.03. The summed E-state index contributed by atoms with van der Waals surface area (Å²) in [4.78, 5) is 32.4. The fourth-order valence-electron chi connectivity index (χ4n) is 4.03. The van der Waals surface area contributed by atoms with Crippen LogP contribution in [-0.4, -0.2) is 41.2 Å². The first-order valence-electron chi connectivity index (χ1n) is 11.0. The summed E-state index contributed by atoms with van der Waals surface area (Å²) in [6.07, 6.45) is 5.24. The number of carbonyl (C=O) groups is 1. The molecule has 1 aromatic heterocycles. The molecule has 1 unspecified atom stereocenters. The number of ether oxygens (including phenoxy) is 1. The second-order valence-corrected chi connectivity index (χ2v) is 8.39. The summed E-state index contributed by atoms with van der Waals surface area (Å²) in [6, 6.07) is 15.8. The topological polar surface area (TPSA) is 76.5 Å². The predicted molar refractivity (Wildman–Crippen MR) is 122 cm³/mol. The van der Waals surface area contributed by atoms with Crippen LogP contribution in [0.15, 0.2) is 65.7 Å². The maximum atomic E-state index is 13.5. The van der Waals surface area contributed by atoms with Crippen molar-refractivity contribution in [3.8, 4) is 5.69 Å². The number of rotatable bonds is 5. The number of hydrogen-bond donors (Lipinski definition) is 1. The van der Waals surface area contributed by atoms with Gasteiger partial charge in [-0.25, -0.2) is 4.98 Å². The number of nitrogens with zero attached hydrogens (tertiary/aromatic N) is 3. The summed E-state index contributed by atoms with van der Waals surface area (Å²) in [5, 5.41) is 3.01. The average molecular weight is 431 g/mol. The Kier molecular flexibility index (Phi) is 5.49. The molecular formula is C25H26N4O3. The zero-order chi connectivity index (χ0) is 22.1. The average Bonchev–Trinajstić information content (AvgIpc) is 3.64. The molecule has 1 saturated heterocycles. The minimum absolute atomic E-state index is 0.102. The van der Waals surface area contributed by atoms with Gasteiger partial charge in [0.15, 0.2) is 5.82 Å². The van der Waals surface area contributed by atoms with Gasteiger partial charge in [-0.3, -0.25) is 14.2 Å². The van der Waals surface area contributed by atoms with Crippen LogP contribution in [0, 0.1) is 6.92 Å². The molecule has 1 aliphatic carbocycles. The number of aryl methyl sites for hydroxylation is 1. The van der Waals surface area contributed by atoms with Crippen molar-refractivity contribution < 1.29 is 9.53 Å². The van der Waals surface area contributed by atoms with Gasteiger partial charge in [-0.2, -0.15) is 0 Å². The van der Waals surface area contributed by atoms with E-state index >= 15 is 0 Å². The number of aromatic nitrogens is 2. The standard InChI is InChI=1S/C25H26N4O3/c1-17-7-8-19(24(30)27-20-9-10-20)15-21(17)29-12-11-26-23(25(29)31)28-13-14-32-22(16-28)18-5-3-2-4-6-18/h2-8,11-12,15,20,22H,9-10,13-14,16H2,1H3,(H,27,30). The minimum Gasteiger partial charge on any atom is -0.370 e. The summed E-state index contributed by atoms with van der Waals surface area (Å²) >= 11 is 0. The van der Waals surface area contributed by atoms with Crippen molar-refractivity contribution in [3.63, 3.8) is 0 Å². The van der Waals surface area contributed by atoms with Crippen molar-refractivity contribution in [1.29, 1.82) is 0 Å². The van der Waals surface area contributed by atoms with E-state index in [1.807, 2.05) is 48.2 Å². The highest BCUT2D eigenvalue weighted by molar-refractivity contribution is 5.95. The van der Waals surface area contributed by atoms with Gasteiger partial charge in [0.1, 0.15) is 6.10 Å². The van der Waals surface area contributed by atoms with Gasteiger partial charge in [0, 0.05) is 30.5 Å². The van der Waals surface area contributed by atoms with E-state index in [2.05, 4.69) is 10.3 Å². The van der Waals surface area contributed by atoms with E-state index in [0.29, 0.717) is 36.8 Å². The van der Waals surface area contributed by atoms with Crippen molar-refractivity contribution >= 4 is 11.7 Å². The largest absolute Gasteiger partial charge is 0.370 e. The lowest BCUT2D eigenvalue weighted by Gasteiger charge is -2.33. The lowest BCUT2D eigenvalue weighted by Crippen LogP contribution is -2.42. The second kappa shape index (κ2) is 8.59. The number of amides is 1. The van der Waals surface area contributed by atoms with E-state index in [9.17, 15) is 9.59 Å². The molecule has 7 nitrogen and oxygen atoms in total. The van der Waals surface area contributed by atoms with E-state index in [-0.39, 0.29) is 23.6 Å². The Hall–Kier alpha value is -3.45. The Bertz CT molecular complexity index is 1190. The quantitative estimate of drug-likeness (QED) is 0.673. The van der Waals surface area contributed by atoms with Crippen LogP contribution in [0.4, 0.5) is 5.82 Å². The second-order valence-electron chi connectivity index (χ2n) is 8.39. The van der Waals surface area contributed by atoms with Crippen LogP contribution in [0.25, 0.3) is 5.69 Å². The molecule has 1 atom stereocenters. The van der Waals surface area contributed by atoms with Gasteiger partial charge >= 0.3 is 0 Å². The summed E-state index contributed by atoms with van der Waals surface area (Å²) in [5.74, 6) is 0.291. The van der Waals surface area contributed by atoms with Gasteiger partial charge in [0.05, 0.1) is 18.8 Å². The Morgan fingerprint density at radius 1 is 1.16 bits per heavy atom. The van der Waals surface area contributed by atoms with Crippen LogP contribution in [0.5, 0.6) is 0 Å². The number of anilines is 1. The highest BCUT2D eigenvalue weighted by atomic mass is 16.5. The molecule has 164 valence electrons. The molecule has 1 amide bonds. The lowest BCUT2D eigenvalue weighted by molar-refractivity contribution is 0.0394. The third-order valence-electron chi connectivity index (χ3n) is 6.00. The van der Waals surface area contributed by atoms with Gasteiger partial charge < -0.3 is 15.0 Å². The molecule has 2 aliphatic rings. The van der Waals surface area contributed by atoms with Gasteiger partial charge in [-0.1, -0.05) is 36.4 Å². The predicted octanol–water partition coefficient (Wildman–Crippen LogP) is 3.01. The molecule has 0 bridgehead atoms. The van der Waals surface area contributed by atoms with Crippen molar-refractivity contribution in [1.82, 2.24) is 14.9 Å². The number of nitrogens with one attached hydrogen (secondary N) is 1. The fraction of sp³-hybridized carbons (Fsp3) is 0.320. The lowest BCUT2D eigenvalue weighted by atomic mass is 10.1. The molecule has 5 rings (SSSR count). The normalized spacial score (nSPS) is 18.4. The van der Waals surface area contributed by atoms with E-state index in [1.165, 1.54) is 0 Å². The SMILES string of the molecule is Cc1ccc(C(=O)NC2CC2)cc1-n1ccnc(N2CCOC(c3ccccc3)C2)c1=O. The van der Waals surface area contributed by atoms with E-state index < -0.39 is 0 Å². The highest BCUT2D eigenvalue weighted by Gasteiger charge is 2.26. The molecule has 3 aromatic rings. The molecule has 0 radical (unpaired) electrons.